The second kappa shape index (κ2) is 9.44. The van der Waals surface area contributed by atoms with Crippen LogP contribution in [0.5, 0.6) is 0 Å². The number of unbranched alkanes of at least 4 members (excludes halogenated alkanes) is 3. The van der Waals surface area contributed by atoms with Crippen molar-refractivity contribution in [2.75, 3.05) is 19.8 Å². The third-order valence-corrected chi connectivity index (χ3v) is 3.32. The highest BCUT2D eigenvalue weighted by Gasteiger charge is 2.40. The van der Waals surface area contributed by atoms with Gasteiger partial charge in [-0.15, -0.1) is 0 Å². The van der Waals surface area contributed by atoms with Crippen molar-refractivity contribution in [3.63, 3.8) is 0 Å². The molecule has 1 heterocycles. The SMILES string of the molecule is C/C=C/CCCCCO[C@@H](CO)[C@@H]1OC[C@@H](O)[C@@H]1O. The van der Waals surface area contributed by atoms with Crippen molar-refractivity contribution in [3.05, 3.63) is 12.2 Å². The third kappa shape index (κ3) is 5.58. The predicted molar refractivity (Wildman–Crippen MR) is 71.9 cm³/mol. The van der Waals surface area contributed by atoms with Crippen LogP contribution in [0.15, 0.2) is 12.2 Å². The molecule has 0 unspecified atom stereocenters. The quantitative estimate of drug-likeness (QED) is 0.424. The van der Waals surface area contributed by atoms with E-state index in [0.29, 0.717) is 6.61 Å². The molecule has 5 nitrogen and oxygen atoms in total. The molecule has 1 aliphatic rings. The summed E-state index contributed by atoms with van der Waals surface area (Å²) in [5.41, 5.74) is 0. The van der Waals surface area contributed by atoms with Crippen molar-refractivity contribution in [2.24, 2.45) is 0 Å². The minimum absolute atomic E-state index is 0.0923. The molecular weight excluding hydrogens is 248 g/mol. The van der Waals surface area contributed by atoms with Crippen molar-refractivity contribution in [2.45, 2.75) is 57.0 Å². The van der Waals surface area contributed by atoms with Gasteiger partial charge in [-0.05, 0) is 26.2 Å². The summed E-state index contributed by atoms with van der Waals surface area (Å²) in [6.45, 7) is 2.42. The molecule has 0 aromatic rings. The zero-order valence-electron chi connectivity index (χ0n) is 11.6. The largest absolute Gasteiger partial charge is 0.394 e. The van der Waals surface area contributed by atoms with E-state index in [4.69, 9.17) is 9.47 Å². The van der Waals surface area contributed by atoms with Crippen LogP contribution in [0.4, 0.5) is 0 Å². The van der Waals surface area contributed by atoms with Gasteiger partial charge >= 0.3 is 0 Å². The number of allylic oxidation sites excluding steroid dienone is 2. The van der Waals surface area contributed by atoms with E-state index in [1.807, 2.05) is 13.0 Å². The van der Waals surface area contributed by atoms with Crippen LogP contribution in [0.25, 0.3) is 0 Å². The summed E-state index contributed by atoms with van der Waals surface area (Å²) in [5, 5.41) is 28.3. The molecule has 5 heteroatoms. The maximum atomic E-state index is 9.69. The fraction of sp³-hybridized carbons (Fsp3) is 0.857. The van der Waals surface area contributed by atoms with Gasteiger partial charge in [0.2, 0.25) is 0 Å². The smallest absolute Gasteiger partial charge is 0.114 e. The Kier molecular flexibility index (Phi) is 8.25. The molecule has 0 saturated carbocycles. The number of aliphatic hydroxyl groups excluding tert-OH is 3. The summed E-state index contributed by atoms with van der Waals surface area (Å²) in [7, 11) is 0. The van der Waals surface area contributed by atoms with Crippen LogP contribution in [0, 0.1) is 0 Å². The molecule has 1 saturated heterocycles. The third-order valence-electron chi connectivity index (χ3n) is 3.32. The standard InChI is InChI=1S/C14H26O5/c1-2-3-4-5-6-7-8-18-12(9-15)14-13(17)11(16)10-19-14/h2-3,11-17H,4-10H2,1H3/b3-2+/t11-,12+,13+,14+/m1/s1. The Labute approximate surface area is 114 Å². The maximum Gasteiger partial charge on any atom is 0.114 e. The normalized spacial score (nSPS) is 29.2. The predicted octanol–water partition coefficient (Wildman–Crippen LogP) is 0.621. The monoisotopic (exact) mass is 274 g/mol. The Morgan fingerprint density at radius 3 is 2.68 bits per heavy atom. The Balaban J connectivity index is 2.15. The number of hydrogen-bond acceptors (Lipinski definition) is 5. The molecule has 0 bridgehead atoms. The van der Waals surface area contributed by atoms with Crippen molar-refractivity contribution in [3.8, 4) is 0 Å². The molecule has 1 rings (SSSR count). The first-order valence-corrected chi connectivity index (χ1v) is 7.02. The molecule has 112 valence electrons. The average Bonchev–Trinajstić information content (AvgIpc) is 2.74. The van der Waals surface area contributed by atoms with Crippen molar-refractivity contribution < 1.29 is 24.8 Å². The molecule has 0 aromatic heterocycles. The van der Waals surface area contributed by atoms with E-state index in [9.17, 15) is 15.3 Å². The van der Waals surface area contributed by atoms with Gasteiger partial charge in [-0.1, -0.05) is 18.6 Å². The van der Waals surface area contributed by atoms with Gasteiger partial charge in [0, 0.05) is 6.61 Å². The highest BCUT2D eigenvalue weighted by atomic mass is 16.6. The van der Waals surface area contributed by atoms with Crippen molar-refractivity contribution in [1.82, 2.24) is 0 Å². The van der Waals surface area contributed by atoms with Crippen LogP contribution in [0.1, 0.15) is 32.6 Å². The summed E-state index contributed by atoms with van der Waals surface area (Å²) in [6, 6.07) is 0. The maximum absolute atomic E-state index is 9.69. The number of ether oxygens (including phenoxy) is 2. The van der Waals surface area contributed by atoms with Crippen LogP contribution >= 0.6 is 0 Å². The van der Waals surface area contributed by atoms with Crippen LogP contribution in [0.2, 0.25) is 0 Å². The summed E-state index contributed by atoms with van der Waals surface area (Å²) in [6.07, 6.45) is 5.30. The molecule has 0 spiro atoms. The lowest BCUT2D eigenvalue weighted by atomic mass is 10.1. The molecule has 3 N–H and O–H groups in total. The first-order chi connectivity index (χ1) is 9.20. The summed E-state index contributed by atoms with van der Waals surface area (Å²) >= 11 is 0. The van der Waals surface area contributed by atoms with E-state index in [1.54, 1.807) is 0 Å². The molecule has 0 radical (unpaired) electrons. The summed E-state index contributed by atoms with van der Waals surface area (Å²) < 4.78 is 10.8. The second-order valence-corrected chi connectivity index (χ2v) is 4.87. The summed E-state index contributed by atoms with van der Waals surface area (Å²) in [5.74, 6) is 0. The lowest BCUT2D eigenvalue weighted by molar-refractivity contribution is -0.101. The fourth-order valence-corrected chi connectivity index (χ4v) is 2.15. The van der Waals surface area contributed by atoms with Crippen molar-refractivity contribution >= 4 is 0 Å². The molecule has 0 aliphatic carbocycles. The fourth-order valence-electron chi connectivity index (χ4n) is 2.15. The lowest BCUT2D eigenvalue weighted by Gasteiger charge is -2.24. The van der Waals surface area contributed by atoms with Gasteiger partial charge in [-0.25, -0.2) is 0 Å². The number of aliphatic hydroxyl groups is 3. The van der Waals surface area contributed by atoms with E-state index in [2.05, 4.69) is 6.08 Å². The molecule has 19 heavy (non-hydrogen) atoms. The Hall–Kier alpha value is -0.460. The van der Waals surface area contributed by atoms with E-state index in [0.717, 1.165) is 25.7 Å². The number of rotatable bonds is 9. The van der Waals surface area contributed by atoms with Crippen LogP contribution in [0.3, 0.4) is 0 Å². The average molecular weight is 274 g/mol. The number of hydrogen-bond donors (Lipinski definition) is 3. The molecule has 0 amide bonds. The van der Waals surface area contributed by atoms with Crippen LogP contribution in [-0.2, 0) is 9.47 Å². The lowest BCUT2D eigenvalue weighted by Crippen LogP contribution is -2.42. The van der Waals surface area contributed by atoms with Crippen LogP contribution in [-0.4, -0.2) is 59.6 Å². The van der Waals surface area contributed by atoms with Gasteiger partial charge in [0.1, 0.15) is 24.4 Å². The van der Waals surface area contributed by atoms with Gasteiger partial charge in [0.15, 0.2) is 0 Å². The first kappa shape index (κ1) is 16.6. The minimum Gasteiger partial charge on any atom is -0.394 e. The van der Waals surface area contributed by atoms with E-state index in [-0.39, 0.29) is 13.2 Å². The van der Waals surface area contributed by atoms with Crippen LogP contribution < -0.4 is 0 Å². The van der Waals surface area contributed by atoms with Crippen molar-refractivity contribution in [1.29, 1.82) is 0 Å². The highest BCUT2D eigenvalue weighted by Crippen LogP contribution is 2.19. The second-order valence-electron chi connectivity index (χ2n) is 4.87. The Morgan fingerprint density at radius 1 is 1.32 bits per heavy atom. The van der Waals surface area contributed by atoms with Gasteiger partial charge < -0.3 is 24.8 Å². The van der Waals surface area contributed by atoms with E-state index >= 15 is 0 Å². The van der Waals surface area contributed by atoms with Gasteiger partial charge in [0.05, 0.1) is 13.2 Å². The summed E-state index contributed by atoms with van der Waals surface area (Å²) in [4.78, 5) is 0. The zero-order valence-corrected chi connectivity index (χ0v) is 11.6. The Morgan fingerprint density at radius 2 is 2.11 bits per heavy atom. The Bertz CT molecular complexity index is 256. The first-order valence-electron chi connectivity index (χ1n) is 7.02. The zero-order chi connectivity index (χ0) is 14.1. The molecule has 0 aromatic carbocycles. The van der Waals surface area contributed by atoms with Gasteiger partial charge in [-0.3, -0.25) is 0 Å². The molecule has 1 fully saturated rings. The minimum atomic E-state index is -0.980. The highest BCUT2D eigenvalue weighted by molar-refractivity contribution is 4.88. The topological polar surface area (TPSA) is 79.2 Å². The van der Waals surface area contributed by atoms with E-state index in [1.165, 1.54) is 0 Å². The molecule has 1 aliphatic heterocycles. The molecule has 4 atom stereocenters. The van der Waals surface area contributed by atoms with Gasteiger partial charge in [0.25, 0.3) is 0 Å². The molecular formula is C14H26O5. The van der Waals surface area contributed by atoms with E-state index < -0.39 is 24.4 Å². The van der Waals surface area contributed by atoms with Gasteiger partial charge in [-0.2, -0.15) is 0 Å².